The number of hydrogen-bond acceptors (Lipinski definition) is 0. The average Bonchev–Trinajstić information content (AvgIpc) is 2.35. The van der Waals surface area contributed by atoms with Crippen molar-refractivity contribution in [3.05, 3.63) is 53.6 Å². The van der Waals surface area contributed by atoms with Gasteiger partial charge in [0.1, 0.15) is 0 Å². The van der Waals surface area contributed by atoms with Crippen molar-refractivity contribution in [2.75, 3.05) is 0 Å². The largest absolute Gasteiger partial charge is 0.0955 e. The summed E-state index contributed by atoms with van der Waals surface area (Å²) in [5.41, 5.74) is 4.43. The summed E-state index contributed by atoms with van der Waals surface area (Å²) in [6.07, 6.45) is 7.28. The molecule has 0 saturated heterocycles. The lowest BCUT2D eigenvalue weighted by Gasteiger charge is -2.37. The highest BCUT2D eigenvalue weighted by molar-refractivity contribution is 5.60. The van der Waals surface area contributed by atoms with Crippen molar-refractivity contribution in [1.29, 1.82) is 0 Å². The van der Waals surface area contributed by atoms with E-state index in [-0.39, 0.29) is 0 Å². The molecule has 1 aromatic rings. The molecule has 0 nitrogen and oxygen atoms in total. The first-order valence-corrected chi connectivity index (χ1v) is 6.61. The van der Waals surface area contributed by atoms with E-state index in [1.165, 1.54) is 36.0 Å². The summed E-state index contributed by atoms with van der Waals surface area (Å²) in [6, 6.07) is 10.6. The van der Waals surface area contributed by atoms with Crippen LogP contribution >= 0.6 is 0 Å². The summed E-state index contributed by atoms with van der Waals surface area (Å²) >= 11 is 0. The molecule has 0 N–H and O–H groups in total. The summed E-state index contributed by atoms with van der Waals surface area (Å²) < 4.78 is 0. The van der Waals surface area contributed by atoms with Crippen molar-refractivity contribution < 1.29 is 0 Å². The van der Waals surface area contributed by atoms with Gasteiger partial charge < -0.3 is 0 Å². The Balaban J connectivity index is 2.39. The Bertz CT molecular complexity index is 425. The normalized spacial score (nSPS) is 27.4. The molecule has 0 heterocycles. The maximum atomic E-state index is 4.27. The molecule has 0 spiro atoms. The van der Waals surface area contributed by atoms with Crippen LogP contribution in [0.4, 0.5) is 0 Å². The molecule has 90 valence electrons. The van der Waals surface area contributed by atoms with Gasteiger partial charge in [0, 0.05) is 0 Å². The molecule has 0 radical (unpaired) electrons. The quantitative estimate of drug-likeness (QED) is 0.648. The first kappa shape index (κ1) is 12.2. The van der Waals surface area contributed by atoms with E-state index >= 15 is 0 Å². The van der Waals surface area contributed by atoms with E-state index in [4.69, 9.17) is 0 Å². The lowest BCUT2D eigenvalue weighted by molar-refractivity contribution is 0.324. The van der Waals surface area contributed by atoms with Crippen LogP contribution in [-0.2, 0) is 0 Å². The molecule has 17 heavy (non-hydrogen) atoms. The van der Waals surface area contributed by atoms with E-state index in [1.807, 2.05) is 0 Å². The molecular formula is C17H22. The Morgan fingerprint density at radius 2 is 2.00 bits per heavy atom. The maximum absolute atomic E-state index is 4.27. The van der Waals surface area contributed by atoms with E-state index in [2.05, 4.69) is 56.8 Å². The molecule has 2 rings (SSSR count). The van der Waals surface area contributed by atoms with Gasteiger partial charge in [-0.3, -0.25) is 0 Å². The fraction of sp³-hybridized carbons (Fsp3) is 0.412. The summed E-state index contributed by atoms with van der Waals surface area (Å²) in [4.78, 5) is 0. The lowest BCUT2D eigenvalue weighted by Crippen LogP contribution is -2.23. The van der Waals surface area contributed by atoms with Gasteiger partial charge in [-0.25, -0.2) is 0 Å². The smallest absolute Gasteiger partial charge is 0.00750 e. The van der Waals surface area contributed by atoms with Gasteiger partial charge in [0.25, 0.3) is 0 Å². The third-order valence-electron chi connectivity index (χ3n) is 4.13. The van der Waals surface area contributed by atoms with Crippen LogP contribution in [0.3, 0.4) is 0 Å². The highest BCUT2D eigenvalue weighted by atomic mass is 14.4. The molecule has 1 aromatic carbocycles. The second-order valence-electron chi connectivity index (χ2n) is 5.34. The van der Waals surface area contributed by atoms with Gasteiger partial charge in [-0.2, -0.15) is 0 Å². The minimum Gasteiger partial charge on any atom is -0.0955 e. The van der Waals surface area contributed by atoms with Crippen LogP contribution in [0.2, 0.25) is 0 Å². The molecule has 1 aliphatic rings. The maximum Gasteiger partial charge on any atom is -0.00750 e. The minimum absolute atomic E-state index is 0.325. The van der Waals surface area contributed by atoms with Gasteiger partial charge in [-0.05, 0) is 42.2 Å². The molecular weight excluding hydrogens is 204 g/mol. The topological polar surface area (TPSA) is 0 Å². The molecule has 0 aromatic heterocycles. The monoisotopic (exact) mass is 226 g/mol. The number of hydrogen-bond donors (Lipinski definition) is 0. The molecule has 1 fully saturated rings. The first-order valence-electron chi connectivity index (χ1n) is 6.61. The van der Waals surface area contributed by atoms with Crippen molar-refractivity contribution in [1.82, 2.24) is 0 Å². The van der Waals surface area contributed by atoms with Crippen LogP contribution in [0.1, 0.15) is 45.1 Å². The number of allylic oxidation sites excluding steroid dienone is 2. The third kappa shape index (κ3) is 2.52. The SMILES string of the molecule is C=C1CCCC(C)(CC)/C1=C/c1ccccc1. The highest BCUT2D eigenvalue weighted by Gasteiger charge is 2.31. The third-order valence-corrected chi connectivity index (χ3v) is 4.13. The average molecular weight is 226 g/mol. The van der Waals surface area contributed by atoms with E-state index < -0.39 is 0 Å². The van der Waals surface area contributed by atoms with Crippen molar-refractivity contribution in [3.63, 3.8) is 0 Å². The Morgan fingerprint density at radius 3 is 2.65 bits per heavy atom. The van der Waals surface area contributed by atoms with Crippen LogP contribution in [0.25, 0.3) is 6.08 Å². The Labute approximate surface area is 105 Å². The van der Waals surface area contributed by atoms with Crippen LogP contribution in [0.15, 0.2) is 48.1 Å². The predicted octanol–water partition coefficient (Wildman–Crippen LogP) is 5.23. The molecule has 1 atom stereocenters. The number of rotatable bonds is 2. The van der Waals surface area contributed by atoms with E-state index in [1.54, 1.807) is 0 Å². The fourth-order valence-electron chi connectivity index (χ4n) is 2.75. The molecule has 0 aliphatic heterocycles. The Hall–Kier alpha value is -1.30. The second kappa shape index (κ2) is 4.91. The molecule has 1 saturated carbocycles. The minimum atomic E-state index is 0.325. The lowest BCUT2D eigenvalue weighted by atomic mass is 9.68. The van der Waals surface area contributed by atoms with Gasteiger partial charge in [-0.1, -0.05) is 62.4 Å². The van der Waals surface area contributed by atoms with Crippen molar-refractivity contribution in [3.8, 4) is 0 Å². The van der Waals surface area contributed by atoms with Crippen LogP contribution < -0.4 is 0 Å². The van der Waals surface area contributed by atoms with E-state index in [0.29, 0.717) is 5.41 Å². The highest BCUT2D eigenvalue weighted by Crippen LogP contribution is 2.46. The Kier molecular flexibility index (Phi) is 3.51. The van der Waals surface area contributed by atoms with E-state index in [0.717, 1.165) is 6.42 Å². The summed E-state index contributed by atoms with van der Waals surface area (Å²) in [5.74, 6) is 0. The van der Waals surface area contributed by atoms with Gasteiger partial charge in [0.2, 0.25) is 0 Å². The molecule has 0 bridgehead atoms. The molecule has 0 amide bonds. The summed E-state index contributed by atoms with van der Waals surface area (Å²) in [6.45, 7) is 8.94. The van der Waals surface area contributed by atoms with E-state index in [9.17, 15) is 0 Å². The van der Waals surface area contributed by atoms with Gasteiger partial charge in [-0.15, -0.1) is 0 Å². The fourth-order valence-corrected chi connectivity index (χ4v) is 2.75. The summed E-state index contributed by atoms with van der Waals surface area (Å²) in [5, 5.41) is 0. The van der Waals surface area contributed by atoms with Crippen molar-refractivity contribution in [2.45, 2.75) is 39.5 Å². The van der Waals surface area contributed by atoms with Gasteiger partial charge in [0.15, 0.2) is 0 Å². The van der Waals surface area contributed by atoms with Gasteiger partial charge in [0.05, 0.1) is 0 Å². The van der Waals surface area contributed by atoms with Gasteiger partial charge >= 0.3 is 0 Å². The zero-order valence-electron chi connectivity index (χ0n) is 11.0. The van der Waals surface area contributed by atoms with Crippen LogP contribution in [0.5, 0.6) is 0 Å². The zero-order valence-corrected chi connectivity index (χ0v) is 11.0. The first-order chi connectivity index (χ1) is 8.15. The molecule has 1 aliphatic carbocycles. The van der Waals surface area contributed by atoms with Crippen LogP contribution in [-0.4, -0.2) is 0 Å². The second-order valence-corrected chi connectivity index (χ2v) is 5.34. The Morgan fingerprint density at radius 1 is 1.29 bits per heavy atom. The van der Waals surface area contributed by atoms with Crippen LogP contribution in [0, 0.1) is 5.41 Å². The van der Waals surface area contributed by atoms with Crippen molar-refractivity contribution >= 4 is 6.08 Å². The van der Waals surface area contributed by atoms with Crippen molar-refractivity contribution in [2.24, 2.45) is 5.41 Å². The molecule has 1 unspecified atom stereocenters. The molecule has 0 heteroatoms. The summed E-state index contributed by atoms with van der Waals surface area (Å²) in [7, 11) is 0. The number of benzene rings is 1. The predicted molar refractivity (Wildman–Crippen MR) is 75.8 cm³/mol. The zero-order chi connectivity index (χ0) is 12.3. The standard InChI is InChI=1S/C17H22/c1-4-17(3)12-8-9-14(2)16(17)13-15-10-6-5-7-11-15/h5-7,10-11,13H,2,4,8-9,12H2,1,3H3/b16-13+.